The van der Waals surface area contributed by atoms with Gasteiger partial charge in [-0.3, -0.25) is 4.79 Å². The largest absolute Gasteiger partial charge is 0.481 e. The molecule has 0 spiro atoms. The number of aromatic nitrogens is 2. The molecule has 1 fully saturated rings. The third-order valence-electron chi connectivity index (χ3n) is 5.14. The maximum absolute atomic E-state index is 11.6. The number of carboxylic acids is 1. The molecule has 0 radical (unpaired) electrons. The highest BCUT2D eigenvalue weighted by atomic mass is 79.9. The molecule has 0 aliphatic heterocycles. The first kappa shape index (κ1) is 15.4. The smallest absolute Gasteiger partial charge is 0.309 e. The Kier molecular flexibility index (Phi) is 4.17. The quantitative estimate of drug-likeness (QED) is 0.870. The van der Waals surface area contributed by atoms with E-state index in [2.05, 4.69) is 32.0 Å². The number of rotatable bonds is 3. The molecule has 0 unspecified atom stereocenters. The maximum Gasteiger partial charge on any atom is 0.309 e. The van der Waals surface area contributed by atoms with Gasteiger partial charge in [0.2, 0.25) is 0 Å². The minimum absolute atomic E-state index is 0.380. The first-order valence-electron chi connectivity index (χ1n) is 7.68. The van der Waals surface area contributed by atoms with E-state index >= 15 is 0 Å². The second kappa shape index (κ2) is 5.95. The molecular weight excluding hydrogens is 344 g/mol. The number of nitrogens with zero attached hydrogens (tertiary/aromatic N) is 2. The fourth-order valence-corrected chi connectivity index (χ4v) is 4.08. The highest BCUT2D eigenvalue weighted by Gasteiger charge is 2.40. The number of aliphatic carboxylic acids is 1. The van der Waals surface area contributed by atoms with Crippen LogP contribution in [0, 0.1) is 5.41 Å². The van der Waals surface area contributed by atoms with Crippen LogP contribution in [0.15, 0.2) is 29.1 Å². The van der Waals surface area contributed by atoms with Crippen LogP contribution in [-0.2, 0) is 4.79 Å². The summed E-state index contributed by atoms with van der Waals surface area (Å²) in [5, 5.41) is 10.6. The topological polar surface area (TPSA) is 63.1 Å². The van der Waals surface area contributed by atoms with E-state index in [-0.39, 0.29) is 0 Å². The van der Waals surface area contributed by atoms with Gasteiger partial charge in [0.1, 0.15) is 6.33 Å². The SMILES string of the molecule is CCC1(C(=O)O)CCC(c2cc(Br)cc3ncncc23)CC1. The summed E-state index contributed by atoms with van der Waals surface area (Å²) in [5.41, 5.74) is 1.64. The van der Waals surface area contributed by atoms with Crippen molar-refractivity contribution < 1.29 is 9.90 Å². The first-order chi connectivity index (χ1) is 10.6. The second-order valence-corrected chi connectivity index (χ2v) is 7.08. The van der Waals surface area contributed by atoms with E-state index in [4.69, 9.17) is 0 Å². The second-order valence-electron chi connectivity index (χ2n) is 6.16. The van der Waals surface area contributed by atoms with Crippen molar-refractivity contribution in [2.24, 2.45) is 5.41 Å². The average Bonchev–Trinajstić information content (AvgIpc) is 2.54. The molecule has 22 heavy (non-hydrogen) atoms. The van der Waals surface area contributed by atoms with Gasteiger partial charge in [0.05, 0.1) is 10.9 Å². The fraction of sp³-hybridized carbons (Fsp3) is 0.471. The molecule has 1 aliphatic rings. The monoisotopic (exact) mass is 362 g/mol. The van der Waals surface area contributed by atoms with E-state index in [1.54, 1.807) is 6.33 Å². The van der Waals surface area contributed by atoms with Gasteiger partial charge in [0.15, 0.2) is 0 Å². The predicted octanol–water partition coefficient (Wildman–Crippen LogP) is 4.53. The van der Waals surface area contributed by atoms with E-state index in [1.165, 1.54) is 5.56 Å². The molecule has 0 amide bonds. The van der Waals surface area contributed by atoms with E-state index < -0.39 is 11.4 Å². The normalized spacial score (nSPS) is 25.3. The number of fused-ring (bicyclic) bond motifs is 1. The Bertz CT molecular complexity index is 709. The molecule has 1 N–H and O–H groups in total. The molecule has 5 heteroatoms. The van der Waals surface area contributed by atoms with Crippen molar-refractivity contribution in [1.29, 1.82) is 0 Å². The molecular formula is C17H19BrN2O2. The predicted molar refractivity (Wildman–Crippen MR) is 88.8 cm³/mol. The fourth-order valence-electron chi connectivity index (χ4n) is 3.61. The highest BCUT2D eigenvalue weighted by molar-refractivity contribution is 9.10. The van der Waals surface area contributed by atoms with Crippen molar-refractivity contribution in [2.75, 3.05) is 0 Å². The van der Waals surface area contributed by atoms with E-state index in [1.807, 2.05) is 19.2 Å². The molecule has 116 valence electrons. The Labute approximate surface area is 138 Å². The van der Waals surface area contributed by atoms with Gasteiger partial charge in [0, 0.05) is 16.1 Å². The molecule has 1 saturated carbocycles. The van der Waals surface area contributed by atoms with Crippen LogP contribution in [0.5, 0.6) is 0 Å². The molecule has 1 aromatic heterocycles. The van der Waals surface area contributed by atoms with Gasteiger partial charge in [-0.1, -0.05) is 22.9 Å². The van der Waals surface area contributed by atoms with Crippen LogP contribution in [0.2, 0.25) is 0 Å². The minimum atomic E-state index is -0.643. The Balaban J connectivity index is 1.93. The molecule has 1 heterocycles. The summed E-state index contributed by atoms with van der Waals surface area (Å²) in [6.07, 6.45) is 7.42. The van der Waals surface area contributed by atoms with Crippen molar-refractivity contribution in [3.8, 4) is 0 Å². The molecule has 1 aliphatic carbocycles. The summed E-state index contributed by atoms with van der Waals surface area (Å²) in [6, 6.07) is 4.13. The lowest BCUT2D eigenvalue weighted by atomic mass is 9.67. The molecule has 0 atom stereocenters. The van der Waals surface area contributed by atoms with Gasteiger partial charge >= 0.3 is 5.97 Å². The summed E-state index contributed by atoms with van der Waals surface area (Å²) >= 11 is 3.55. The number of hydrogen-bond acceptors (Lipinski definition) is 3. The van der Waals surface area contributed by atoms with Crippen LogP contribution in [0.3, 0.4) is 0 Å². The summed E-state index contributed by atoms with van der Waals surface area (Å²) < 4.78 is 1.01. The number of halogens is 1. The molecule has 0 saturated heterocycles. The van der Waals surface area contributed by atoms with Crippen molar-refractivity contribution in [1.82, 2.24) is 9.97 Å². The lowest BCUT2D eigenvalue weighted by Crippen LogP contribution is -2.34. The summed E-state index contributed by atoms with van der Waals surface area (Å²) in [4.78, 5) is 20.1. The summed E-state index contributed by atoms with van der Waals surface area (Å²) in [5.74, 6) is -0.263. The average molecular weight is 363 g/mol. The molecule has 0 bridgehead atoms. The lowest BCUT2D eigenvalue weighted by Gasteiger charge is -2.36. The highest BCUT2D eigenvalue weighted by Crippen LogP contribution is 2.46. The van der Waals surface area contributed by atoms with Crippen molar-refractivity contribution in [3.63, 3.8) is 0 Å². The third-order valence-corrected chi connectivity index (χ3v) is 5.59. The summed E-state index contributed by atoms with van der Waals surface area (Å²) in [7, 11) is 0. The Morgan fingerprint density at radius 2 is 2.14 bits per heavy atom. The molecule has 4 nitrogen and oxygen atoms in total. The van der Waals surface area contributed by atoms with Gasteiger partial charge < -0.3 is 5.11 Å². The van der Waals surface area contributed by atoms with Gasteiger partial charge in [-0.05, 0) is 55.7 Å². The van der Waals surface area contributed by atoms with E-state index in [9.17, 15) is 9.90 Å². The zero-order chi connectivity index (χ0) is 15.7. The standard InChI is InChI=1S/C17H19BrN2O2/c1-2-17(16(21)22)5-3-11(4-6-17)13-7-12(18)8-15-14(13)9-19-10-20-15/h7-11H,2-6H2,1H3,(H,21,22). The van der Waals surface area contributed by atoms with E-state index in [0.717, 1.165) is 41.1 Å². The molecule has 2 aromatic rings. The zero-order valence-corrected chi connectivity index (χ0v) is 14.1. The first-order valence-corrected chi connectivity index (χ1v) is 8.47. The molecule has 1 aromatic carbocycles. The van der Waals surface area contributed by atoms with E-state index in [0.29, 0.717) is 12.3 Å². The maximum atomic E-state index is 11.6. The summed E-state index contributed by atoms with van der Waals surface area (Å²) in [6.45, 7) is 1.98. The van der Waals surface area contributed by atoms with Crippen LogP contribution >= 0.6 is 15.9 Å². The Morgan fingerprint density at radius 3 is 2.77 bits per heavy atom. The third kappa shape index (κ3) is 2.62. The van der Waals surface area contributed by atoms with Crippen LogP contribution in [0.25, 0.3) is 10.9 Å². The van der Waals surface area contributed by atoms with Gasteiger partial charge in [-0.25, -0.2) is 9.97 Å². The van der Waals surface area contributed by atoms with Crippen molar-refractivity contribution >= 4 is 32.8 Å². The van der Waals surface area contributed by atoms with Crippen molar-refractivity contribution in [3.05, 3.63) is 34.7 Å². The number of carboxylic acid groups (broad SMARTS) is 1. The van der Waals surface area contributed by atoms with Crippen LogP contribution in [0.1, 0.15) is 50.5 Å². The Hall–Kier alpha value is -1.49. The number of hydrogen-bond donors (Lipinski definition) is 1. The Morgan fingerprint density at radius 1 is 1.41 bits per heavy atom. The number of carbonyl (C=O) groups is 1. The van der Waals surface area contributed by atoms with Crippen LogP contribution in [0.4, 0.5) is 0 Å². The van der Waals surface area contributed by atoms with Gasteiger partial charge in [-0.15, -0.1) is 0 Å². The van der Waals surface area contributed by atoms with Gasteiger partial charge in [0.25, 0.3) is 0 Å². The van der Waals surface area contributed by atoms with Crippen molar-refractivity contribution in [2.45, 2.75) is 44.9 Å². The lowest BCUT2D eigenvalue weighted by molar-refractivity contribution is -0.151. The molecule has 3 rings (SSSR count). The zero-order valence-electron chi connectivity index (χ0n) is 12.6. The van der Waals surface area contributed by atoms with Gasteiger partial charge in [-0.2, -0.15) is 0 Å². The number of benzene rings is 1. The van der Waals surface area contributed by atoms with Crippen LogP contribution < -0.4 is 0 Å². The van der Waals surface area contributed by atoms with Crippen LogP contribution in [-0.4, -0.2) is 21.0 Å². The minimum Gasteiger partial charge on any atom is -0.481 e.